The van der Waals surface area contributed by atoms with Crippen molar-refractivity contribution in [2.75, 3.05) is 19.7 Å². The molecule has 0 saturated carbocycles. The Hall–Kier alpha value is -2.05. The van der Waals surface area contributed by atoms with Gasteiger partial charge in [-0.3, -0.25) is 9.59 Å². The maximum Gasteiger partial charge on any atom is 0.272 e. The van der Waals surface area contributed by atoms with Crippen LogP contribution in [0.2, 0.25) is 0 Å². The summed E-state index contributed by atoms with van der Waals surface area (Å²) in [6, 6.07) is 1.66. The first-order valence-corrected chi connectivity index (χ1v) is 8.26. The highest BCUT2D eigenvalue weighted by molar-refractivity contribution is 5.92. The number of hydrogen-bond acceptors (Lipinski definition) is 4. The Morgan fingerprint density at radius 3 is 2.70 bits per heavy atom. The van der Waals surface area contributed by atoms with Gasteiger partial charge in [0.1, 0.15) is 0 Å². The molecule has 0 radical (unpaired) electrons. The number of rotatable bonds is 6. The number of piperidine rings is 1. The van der Waals surface area contributed by atoms with E-state index < -0.39 is 0 Å². The Kier molecular flexibility index (Phi) is 6.01. The third kappa shape index (κ3) is 4.71. The molecule has 7 heteroatoms. The van der Waals surface area contributed by atoms with Crippen molar-refractivity contribution in [1.29, 1.82) is 0 Å². The standard InChI is InChI=1S/C16H26N4O3/c1-4-12(2)17-16(22)13-10-15(19(3)18-13)23-11-14(21)20-8-6-5-7-9-20/h10,12H,4-9,11H2,1-3H3,(H,17,22)/t12-/m0/s1. The Labute approximate surface area is 137 Å². The fourth-order valence-electron chi connectivity index (χ4n) is 2.47. The van der Waals surface area contributed by atoms with E-state index in [4.69, 9.17) is 4.74 Å². The molecule has 0 bridgehead atoms. The maximum atomic E-state index is 12.1. The molecular weight excluding hydrogens is 296 g/mol. The number of likely N-dealkylation sites (tertiary alicyclic amines) is 1. The molecule has 23 heavy (non-hydrogen) atoms. The van der Waals surface area contributed by atoms with Crippen LogP contribution in [0.5, 0.6) is 5.88 Å². The highest BCUT2D eigenvalue weighted by atomic mass is 16.5. The zero-order chi connectivity index (χ0) is 16.8. The van der Waals surface area contributed by atoms with Crippen LogP contribution in [-0.2, 0) is 11.8 Å². The van der Waals surface area contributed by atoms with E-state index in [-0.39, 0.29) is 24.5 Å². The minimum atomic E-state index is -0.229. The van der Waals surface area contributed by atoms with Crippen LogP contribution in [0.4, 0.5) is 0 Å². The van der Waals surface area contributed by atoms with E-state index in [1.54, 1.807) is 13.1 Å². The lowest BCUT2D eigenvalue weighted by molar-refractivity contribution is -0.134. The van der Waals surface area contributed by atoms with Crippen molar-refractivity contribution in [3.8, 4) is 5.88 Å². The van der Waals surface area contributed by atoms with Crippen molar-refractivity contribution in [3.63, 3.8) is 0 Å². The number of nitrogens with one attached hydrogen (secondary N) is 1. The van der Waals surface area contributed by atoms with Crippen LogP contribution in [0.25, 0.3) is 0 Å². The molecule has 1 saturated heterocycles. The van der Waals surface area contributed by atoms with Crippen LogP contribution in [-0.4, -0.2) is 52.2 Å². The smallest absolute Gasteiger partial charge is 0.272 e. The highest BCUT2D eigenvalue weighted by Gasteiger charge is 2.19. The lowest BCUT2D eigenvalue weighted by Gasteiger charge is -2.26. The van der Waals surface area contributed by atoms with E-state index in [0.717, 1.165) is 32.4 Å². The first-order chi connectivity index (χ1) is 11.0. The number of carbonyl (C=O) groups excluding carboxylic acids is 2. The summed E-state index contributed by atoms with van der Waals surface area (Å²) in [4.78, 5) is 26.0. The predicted molar refractivity (Wildman–Crippen MR) is 86.4 cm³/mol. The van der Waals surface area contributed by atoms with Crippen molar-refractivity contribution in [2.45, 2.75) is 45.6 Å². The first-order valence-electron chi connectivity index (χ1n) is 8.26. The van der Waals surface area contributed by atoms with Crippen LogP contribution in [0.1, 0.15) is 50.0 Å². The molecule has 7 nitrogen and oxygen atoms in total. The SMILES string of the molecule is CC[C@H](C)NC(=O)c1cc(OCC(=O)N2CCCCC2)n(C)n1. The van der Waals surface area contributed by atoms with E-state index in [1.807, 2.05) is 18.7 Å². The monoisotopic (exact) mass is 322 g/mol. The van der Waals surface area contributed by atoms with E-state index in [9.17, 15) is 9.59 Å². The molecule has 1 aliphatic heterocycles. The van der Waals surface area contributed by atoms with Crippen LogP contribution < -0.4 is 10.1 Å². The summed E-state index contributed by atoms with van der Waals surface area (Å²) in [7, 11) is 1.70. The van der Waals surface area contributed by atoms with E-state index >= 15 is 0 Å². The van der Waals surface area contributed by atoms with E-state index in [1.165, 1.54) is 11.1 Å². The van der Waals surface area contributed by atoms with Crippen molar-refractivity contribution < 1.29 is 14.3 Å². The number of hydrogen-bond donors (Lipinski definition) is 1. The molecule has 0 unspecified atom stereocenters. The third-order valence-electron chi connectivity index (χ3n) is 4.11. The number of ether oxygens (including phenoxy) is 1. The molecule has 1 aromatic heterocycles. The van der Waals surface area contributed by atoms with Gasteiger partial charge in [0.15, 0.2) is 12.3 Å². The van der Waals surface area contributed by atoms with Crippen LogP contribution in [0, 0.1) is 0 Å². The van der Waals surface area contributed by atoms with Gasteiger partial charge in [-0.05, 0) is 32.6 Å². The van der Waals surface area contributed by atoms with Crippen molar-refractivity contribution in [1.82, 2.24) is 20.0 Å². The molecule has 1 aliphatic rings. The van der Waals surface area contributed by atoms with E-state index in [0.29, 0.717) is 11.6 Å². The average molecular weight is 322 g/mol. The molecule has 0 aromatic carbocycles. The lowest BCUT2D eigenvalue weighted by Crippen LogP contribution is -2.38. The first kappa shape index (κ1) is 17.3. The number of aryl methyl sites for hydroxylation is 1. The number of carbonyl (C=O) groups is 2. The second kappa shape index (κ2) is 7.99. The van der Waals surface area contributed by atoms with Gasteiger partial charge < -0.3 is 15.0 Å². The minimum absolute atomic E-state index is 0.0171. The van der Waals surface area contributed by atoms with Gasteiger partial charge in [-0.1, -0.05) is 6.92 Å². The molecule has 1 N–H and O–H groups in total. The molecule has 1 aromatic rings. The summed E-state index contributed by atoms with van der Waals surface area (Å²) in [6.45, 7) is 5.53. The average Bonchev–Trinajstić information content (AvgIpc) is 2.94. The summed E-state index contributed by atoms with van der Waals surface area (Å²) in [6.07, 6.45) is 4.14. The largest absolute Gasteiger partial charge is 0.468 e. The third-order valence-corrected chi connectivity index (χ3v) is 4.11. The van der Waals surface area contributed by atoms with Crippen LogP contribution >= 0.6 is 0 Å². The summed E-state index contributed by atoms with van der Waals surface area (Å²) < 4.78 is 7.02. The minimum Gasteiger partial charge on any atom is -0.468 e. The van der Waals surface area contributed by atoms with Gasteiger partial charge in [0, 0.05) is 32.2 Å². The molecule has 2 amide bonds. The van der Waals surface area contributed by atoms with Gasteiger partial charge in [0.2, 0.25) is 5.88 Å². The summed E-state index contributed by atoms with van der Waals surface area (Å²) in [5, 5.41) is 7.00. The molecule has 1 atom stereocenters. The fourth-order valence-corrected chi connectivity index (χ4v) is 2.47. The van der Waals surface area contributed by atoms with Gasteiger partial charge in [-0.25, -0.2) is 4.68 Å². The fraction of sp³-hybridized carbons (Fsp3) is 0.688. The molecular formula is C16H26N4O3. The second-order valence-electron chi connectivity index (χ2n) is 6.00. The Morgan fingerprint density at radius 2 is 2.04 bits per heavy atom. The summed E-state index contributed by atoms with van der Waals surface area (Å²) >= 11 is 0. The van der Waals surface area contributed by atoms with Gasteiger partial charge in [-0.15, -0.1) is 0 Å². The van der Waals surface area contributed by atoms with Crippen molar-refractivity contribution in [2.24, 2.45) is 7.05 Å². The highest BCUT2D eigenvalue weighted by Crippen LogP contribution is 2.14. The molecule has 2 heterocycles. The molecule has 128 valence electrons. The topological polar surface area (TPSA) is 76.5 Å². The van der Waals surface area contributed by atoms with Crippen molar-refractivity contribution >= 4 is 11.8 Å². The number of nitrogens with zero attached hydrogens (tertiary/aromatic N) is 3. The Morgan fingerprint density at radius 1 is 1.35 bits per heavy atom. The van der Waals surface area contributed by atoms with Gasteiger partial charge in [0.25, 0.3) is 11.8 Å². The Bertz CT molecular complexity index is 550. The lowest BCUT2D eigenvalue weighted by atomic mass is 10.1. The Balaban J connectivity index is 1.90. The van der Waals surface area contributed by atoms with Gasteiger partial charge in [-0.2, -0.15) is 5.10 Å². The molecule has 0 aliphatic carbocycles. The number of amides is 2. The van der Waals surface area contributed by atoms with Crippen LogP contribution in [0.3, 0.4) is 0 Å². The normalized spacial score (nSPS) is 16.0. The van der Waals surface area contributed by atoms with Crippen molar-refractivity contribution in [3.05, 3.63) is 11.8 Å². The van der Waals surface area contributed by atoms with Crippen LogP contribution in [0.15, 0.2) is 6.07 Å². The second-order valence-corrected chi connectivity index (χ2v) is 6.00. The van der Waals surface area contributed by atoms with E-state index in [2.05, 4.69) is 10.4 Å². The zero-order valence-corrected chi connectivity index (χ0v) is 14.2. The predicted octanol–water partition coefficient (Wildman–Crippen LogP) is 1.34. The number of aromatic nitrogens is 2. The zero-order valence-electron chi connectivity index (χ0n) is 14.2. The maximum absolute atomic E-state index is 12.1. The molecule has 2 rings (SSSR count). The van der Waals surface area contributed by atoms with Gasteiger partial charge in [0.05, 0.1) is 0 Å². The summed E-state index contributed by atoms with van der Waals surface area (Å²) in [5.74, 6) is 0.174. The quantitative estimate of drug-likeness (QED) is 0.857. The molecule has 1 fully saturated rings. The van der Waals surface area contributed by atoms with Gasteiger partial charge >= 0.3 is 0 Å². The molecule has 0 spiro atoms. The summed E-state index contributed by atoms with van der Waals surface area (Å²) in [5.41, 5.74) is 0.299.